The van der Waals surface area contributed by atoms with Crippen LogP contribution in [-0.4, -0.2) is 107 Å². The minimum atomic E-state index is -3.23. The average Bonchev–Trinajstić information content (AvgIpc) is 3.59. The minimum absolute atomic E-state index is 0.0182. The van der Waals surface area contributed by atoms with Crippen LogP contribution in [-0.2, 0) is 37.0 Å². The van der Waals surface area contributed by atoms with E-state index in [1.165, 1.54) is 29.6 Å². The first-order valence-electron chi connectivity index (χ1n) is 17.3. The largest absolute Gasteiger partial charge is 0.436 e. The van der Waals surface area contributed by atoms with Crippen molar-refractivity contribution in [2.45, 2.75) is 102 Å². The summed E-state index contributed by atoms with van der Waals surface area (Å²) in [6.07, 6.45) is 8.19. The number of H-pyrrole nitrogens is 1. The van der Waals surface area contributed by atoms with Crippen LogP contribution in [0.4, 0.5) is 4.79 Å². The van der Waals surface area contributed by atoms with Crippen molar-refractivity contribution in [2.75, 3.05) is 31.6 Å². The lowest BCUT2D eigenvalue weighted by Crippen LogP contribution is -2.56. The lowest BCUT2D eigenvalue weighted by molar-refractivity contribution is -0.146. The van der Waals surface area contributed by atoms with Crippen LogP contribution in [0.2, 0.25) is 0 Å². The number of sulfone groups is 1. The number of ether oxygens (including phenoxy) is 1. The van der Waals surface area contributed by atoms with Gasteiger partial charge in [0.25, 0.3) is 5.91 Å². The van der Waals surface area contributed by atoms with Crippen LogP contribution in [0.1, 0.15) is 76.5 Å². The number of carbonyl (C=O) groups is 3. The van der Waals surface area contributed by atoms with Gasteiger partial charge in [0, 0.05) is 44.9 Å². The number of hydrogen-bond donors (Lipinski definition) is 3. The normalized spacial score (nSPS) is 19.2. The van der Waals surface area contributed by atoms with Crippen LogP contribution in [0, 0.1) is 11.8 Å². The Hall–Kier alpha value is -3.45. The van der Waals surface area contributed by atoms with Crippen LogP contribution in [0.3, 0.4) is 0 Å². The summed E-state index contributed by atoms with van der Waals surface area (Å²) in [5.41, 5.74) is 1.40. The molecule has 0 bridgehead atoms. The van der Waals surface area contributed by atoms with Crippen molar-refractivity contribution in [2.24, 2.45) is 11.8 Å². The monoisotopic (exact) mass is 687 g/mol. The summed E-state index contributed by atoms with van der Waals surface area (Å²) in [6.45, 7) is 4.17. The standard InChI is InChI=1S/C35H53N5O7S/c1-25(2)14-15-31(41)29(20-26-10-6-4-7-11-26)38-33(42)30(22-28-23-36-24-37-28)39(3)34(43)32(21-27-12-8-5-9-13-27)47-35(44)40-16-18-48(45,46)19-17-40/h5,8-9,12-13,23-26,29-32,41H,4,6-7,10-11,14-22H2,1-3H3,(H,36,37)(H,38,42)/t29-,30-,31-,32-/m0/s1. The number of aromatic amines is 1. The number of rotatable bonds is 15. The molecular formula is C35H53N5O7S. The maximum atomic E-state index is 14.2. The molecule has 1 aliphatic carbocycles. The predicted octanol–water partition coefficient (Wildman–Crippen LogP) is 3.51. The van der Waals surface area contributed by atoms with E-state index in [1.807, 2.05) is 30.3 Å². The highest BCUT2D eigenvalue weighted by Crippen LogP contribution is 2.29. The Balaban J connectivity index is 1.56. The molecule has 1 aliphatic heterocycles. The number of benzene rings is 1. The van der Waals surface area contributed by atoms with Crippen LogP contribution in [0.25, 0.3) is 0 Å². The third kappa shape index (κ3) is 11.3. The molecule has 0 radical (unpaired) electrons. The van der Waals surface area contributed by atoms with Crippen molar-refractivity contribution in [3.63, 3.8) is 0 Å². The number of nitrogens with zero attached hydrogens (tertiary/aromatic N) is 3. The molecule has 1 saturated heterocycles. The van der Waals surface area contributed by atoms with Crippen molar-refractivity contribution >= 4 is 27.7 Å². The fourth-order valence-corrected chi connectivity index (χ4v) is 7.77. The average molecular weight is 688 g/mol. The molecule has 1 saturated carbocycles. The van der Waals surface area contributed by atoms with E-state index in [9.17, 15) is 27.9 Å². The van der Waals surface area contributed by atoms with Gasteiger partial charge < -0.3 is 29.9 Å². The third-order valence-electron chi connectivity index (χ3n) is 9.61. The van der Waals surface area contributed by atoms with Gasteiger partial charge in [0.1, 0.15) is 6.04 Å². The van der Waals surface area contributed by atoms with E-state index in [2.05, 4.69) is 29.1 Å². The lowest BCUT2D eigenvalue weighted by Gasteiger charge is -2.35. The molecule has 0 unspecified atom stereocenters. The highest BCUT2D eigenvalue weighted by molar-refractivity contribution is 7.91. The van der Waals surface area contributed by atoms with Crippen molar-refractivity contribution in [1.29, 1.82) is 0 Å². The highest BCUT2D eigenvalue weighted by Gasteiger charge is 2.37. The number of carbonyl (C=O) groups excluding carboxylic acids is 3. The van der Waals surface area contributed by atoms with Crippen LogP contribution in [0.15, 0.2) is 42.9 Å². The van der Waals surface area contributed by atoms with E-state index in [1.54, 1.807) is 6.20 Å². The second-order valence-electron chi connectivity index (χ2n) is 13.8. The van der Waals surface area contributed by atoms with Crippen molar-refractivity contribution in [1.82, 2.24) is 25.1 Å². The Morgan fingerprint density at radius 2 is 1.75 bits per heavy atom. The summed E-state index contributed by atoms with van der Waals surface area (Å²) in [5, 5.41) is 14.5. The molecule has 13 heteroatoms. The SMILES string of the molecule is CC(C)CC[C@H](O)[C@H](CC1CCCCC1)NC(=O)[C@H](Cc1cnc[nH]1)N(C)C(=O)[C@H](Cc1ccccc1)OC(=O)N1CCS(=O)(=O)CC1. The molecule has 48 heavy (non-hydrogen) atoms. The molecule has 2 heterocycles. The Bertz CT molecular complexity index is 1400. The molecular weight excluding hydrogens is 634 g/mol. The summed E-state index contributed by atoms with van der Waals surface area (Å²) >= 11 is 0. The fraction of sp³-hybridized carbons (Fsp3) is 0.657. The first-order chi connectivity index (χ1) is 22.9. The zero-order valence-electron chi connectivity index (χ0n) is 28.6. The van der Waals surface area contributed by atoms with E-state index in [-0.39, 0.29) is 37.4 Å². The Morgan fingerprint density at radius 1 is 1.06 bits per heavy atom. The third-order valence-corrected chi connectivity index (χ3v) is 11.2. The smallest absolute Gasteiger partial charge is 0.410 e. The Labute approximate surface area is 284 Å². The molecule has 266 valence electrons. The quantitative estimate of drug-likeness (QED) is 0.256. The number of imidazole rings is 1. The molecule has 2 fully saturated rings. The van der Waals surface area contributed by atoms with Crippen LogP contribution in [0.5, 0.6) is 0 Å². The lowest BCUT2D eigenvalue weighted by atomic mass is 9.83. The molecule has 2 aliphatic rings. The number of amides is 3. The summed E-state index contributed by atoms with van der Waals surface area (Å²) in [7, 11) is -1.71. The van der Waals surface area contributed by atoms with Gasteiger partial charge in [-0.25, -0.2) is 18.2 Å². The summed E-state index contributed by atoms with van der Waals surface area (Å²) in [6, 6.07) is 7.67. The van der Waals surface area contributed by atoms with Gasteiger partial charge in [0.05, 0.1) is 30.0 Å². The molecule has 1 aromatic heterocycles. The van der Waals surface area contributed by atoms with Gasteiger partial charge in [0.15, 0.2) is 15.9 Å². The number of aromatic nitrogens is 2. The molecule has 4 atom stereocenters. The van der Waals surface area contributed by atoms with Crippen molar-refractivity contribution in [3.8, 4) is 0 Å². The molecule has 3 amide bonds. The van der Waals surface area contributed by atoms with Gasteiger partial charge in [-0.15, -0.1) is 0 Å². The van der Waals surface area contributed by atoms with Gasteiger partial charge in [-0.3, -0.25) is 9.59 Å². The van der Waals surface area contributed by atoms with Gasteiger partial charge >= 0.3 is 6.09 Å². The Kier molecular flexibility index (Phi) is 13.9. The molecule has 4 rings (SSSR count). The first-order valence-corrected chi connectivity index (χ1v) is 19.2. The number of aliphatic hydroxyl groups is 1. The van der Waals surface area contributed by atoms with E-state index in [4.69, 9.17) is 4.74 Å². The van der Waals surface area contributed by atoms with Crippen molar-refractivity contribution in [3.05, 3.63) is 54.1 Å². The molecule has 1 aromatic carbocycles. The first kappa shape index (κ1) is 37.4. The van der Waals surface area contributed by atoms with Gasteiger partial charge in [-0.2, -0.15) is 0 Å². The minimum Gasteiger partial charge on any atom is -0.436 e. The van der Waals surface area contributed by atoms with Crippen molar-refractivity contribution < 1.29 is 32.6 Å². The van der Waals surface area contributed by atoms with Crippen LogP contribution >= 0.6 is 0 Å². The van der Waals surface area contributed by atoms with Crippen LogP contribution < -0.4 is 5.32 Å². The maximum Gasteiger partial charge on any atom is 0.410 e. The number of likely N-dealkylation sites (N-methyl/N-ethyl adjacent to an activating group) is 1. The summed E-state index contributed by atoms with van der Waals surface area (Å²) in [4.78, 5) is 51.4. The predicted molar refractivity (Wildman–Crippen MR) is 183 cm³/mol. The molecule has 2 aromatic rings. The van der Waals surface area contributed by atoms with E-state index >= 15 is 0 Å². The molecule has 3 N–H and O–H groups in total. The number of aliphatic hydroxyl groups excluding tert-OH is 1. The van der Waals surface area contributed by atoms with E-state index in [0.717, 1.165) is 37.7 Å². The fourth-order valence-electron chi connectivity index (χ4n) is 6.57. The summed E-state index contributed by atoms with van der Waals surface area (Å²) in [5.74, 6) is -0.506. The van der Waals surface area contributed by atoms with Gasteiger partial charge in [-0.1, -0.05) is 76.3 Å². The summed E-state index contributed by atoms with van der Waals surface area (Å²) < 4.78 is 29.7. The van der Waals surface area contributed by atoms with E-state index < -0.39 is 52.0 Å². The van der Waals surface area contributed by atoms with Gasteiger partial charge in [-0.05, 0) is 36.7 Å². The van der Waals surface area contributed by atoms with Gasteiger partial charge in [0.2, 0.25) is 5.91 Å². The zero-order valence-corrected chi connectivity index (χ0v) is 29.4. The molecule has 0 spiro atoms. The zero-order chi connectivity index (χ0) is 34.7. The maximum absolute atomic E-state index is 14.2. The van der Waals surface area contributed by atoms with E-state index in [0.29, 0.717) is 30.4 Å². The second kappa shape index (κ2) is 17.8. The topological polar surface area (TPSA) is 162 Å². The number of nitrogens with one attached hydrogen (secondary N) is 2. The highest BCUT2D eigenvalue weighted by atomic mass is 32.2. The second-order valence-corrected chi connectivity index (χ2v) is 16.1. The Morgan fingerprint density at radius 3 is 2.38 bits per heavy atom. The number of hydrogen-bond acceptors (Lipinski definition) is 8. The molecule has 12 nitrogen and oxygen atoms in total.